The van der Waals surface area contributed by atoms with Crippen LogP contribution in [-0.4, -0.2) is 16.3 Å². The van der Waals surface area contributed by atoms with E-state index in [1.807, 2.05) is 60.9 Å². The van der Waals surface area contributed by atoms with Crippen molar-refractivity contribution in [3.8, 4) is 5.75 Å². The number of allylic oxidation sites excluding steroid dienone is 1. The van der Waals surface area contributed by atoms with Crippen LogP contribution in [-0.2, 0) is 6.18 Å². The summed E-state index contributed by atoms with van der Waals surface area (Å²) in [5, 5.41) is 10.7. The molecule has 0 saturated carbocycles. The Balaban J connectivity index is 0.00000231. The molecule has 3 aromatic carbocycles. The Kier molecular flexibility index (Phi) is 5.11. The molecule has 0 fully saturated rings. The molecule has 1 aliphatic heterocycles. The number of phenols is 1. The zero-order valence-electron chi connectivity index (χ0n) is 16.0. The molecule has 0 spiro atoms. The van der Waals surface area contributed by atoms with Crippen LogP contribution >= 0.6 is 0 Å². The summed E-state index contributed by atoms with van der Waals surface area (Å²) in [5.74, 6) is -0.788. The number of alkyl halides is 3. The predicted molar refractivity (Wildman–Crippen MR) is 110 cm³/mol. The van der Waals surface area contributed by atoms with Gasteiger partial charge in [0.2, 0.25) is 5.69 Å². The molecule has 0 bridgehead atoms. The fraction of sp³-hybridized carbons (Fsp3) is 0.0417. The average Bonchev–Trinajstić information content (AvgIpc) is 3.34. The lowest BCUT2D eigenvalue weighted by Crippen LogP contribution is -3.00. The maximum atomic E-state index is 13.5. The molecule has 0 amide bonds. The molecule has 0 atom stereocenters. The summed E-state index contributed by atoms with van der Waals surface area (Å²) < 4.78 is 40.5. The van der Waals surface area contributed by atoms with Crippen LogP contribution < -0.4 is 17.4 Å². The van der Waals surface area contributed by atoms with E-state index in [0.29, 0.717) is 11.1 Å². The minimum Gasteiger partial charge on any atom is -1.00 e. The van der Waals surface area contributed by atoms with Crippen LogP contribution in [0.1, 0.15) is 22.3 Å². The van der Waals surface area contributed by atoms with E-state index >= 15 is 0 Å². The number of phenolic OH excluding ortho intramolecular Hbond substituents is 1. The van der Waals surface area contributed by atoms with Crippen molar-refractivity contribution in [3.05, 3.63) is 95.2 Å². The number of fused-ring (bicyclic) bond motifs is 2. The third-order valence-corrected chi connectivity index (χ3v) is 5.31. The Bertz CT molecular complexity index is 1350. The lowest BCUT2D eigenvalue weighted by atomic mass is 9.89. The molecule has 31 heavy (non-hydrogen) atoms. The molecule has 0 saturated heterocycles. The summed E-state index contributed by atoms with van der Waals surface area (Å²) in [6, 6.07) is 18.9. The van der Waals surface area contributed by atoms with E-state index in [0.717, 1.165) is 45.4 Å². The number of nitrogens with one attached hydrogen (secondary N) is 2. The number of benzene rings is 3. The molecule has 0 aliphatic carbocycles. The highest BCUT2D eigenvalue weighted by Crippen LogP contribution is 2.42. The maximum absolute atomic E-state index is 13.5. The molecule has 0 unspecified atom stereocenters. The van der Waals surface area contributed by atoms with Crippen molar-refractivity contribution in [1.82, 2.24) is 4.98 Å². The third kappa shape index (κ3) is 3.49. The number of rotatable bonds is 2. The smallest absolute Gasteiger partial charge is 0.419 e. The van der Waals surface area contributed by atoms with Crippen molar-refractivity contribution >= 4 is 34.0 Å². The van der Waals surface area contributed by atoms with Crippen LogP contribution in [0.15, 0.2) is 72.9 Å². The lowest BCUT2D eigenvalue weighted by molar-refractivity contribution is -0.342. The Hall–Kier alpha value is -3.51. The Morgan fingerprint density at radius 3 is 2.48 bits per heavy atom. The molecule has 5 rings (SSSR count). The summed E-state index contributed by atoms with van der Waals surface area (Å²) >= 11 is 0. The first kappa shape index (κ1) is 20.8. The van der Waals surface area contributed by atoms with Gasteiger partial charge in [0.25, 0.3) is 0 Å². The summed E-state index contributed by atoms with van der Waals surface area (Å²) in [6.45, 7) is 0. The maximum Gasteiger partial charge on any atom is 0.419 e. The molecule has 3 nitrogen and oxygen atoms in total. The zero-order chi connectivity index (χ0) is 20.9. The van der Waals surface area contributed by atoms with E-state index in [-0.39, 0.29) is 12.4 Å². The first-order valence-corrected chi connectivity index (χ1v) is 9.34. The van der Waals surface area contributed by atoms with Gasteiger partial charge in [-0.3, -0.25) is 0 Å². The monoisotopic (exact) mass is 440 g/mol. The predicted octanol–water partition coefficient (Wildman–Crippen LogP) is 1.65. The minimum absolute atomic E-state index is 0. The number of aromatic hydroxyl groups is 1. The van der Waals surface area contributed by atoms with Crippen molar-refractivity contribution in [2.75, 3.05) is 0 Å². The standard InChI is InChI=1S/C24H15F3N2O.ClH/c25-24(26,27)19-11-14(9-10-22(19)30)23(17-12-28-20-7-3-1-5-15(17)20)18-13-29-21-8-4-2-6-16(18)21;/h1-13,28,30H;1H. The molecule has 156 valence electrons. The molecule has 3 N–H and O–H groups in total. The molecule has 1 aliphatic rings. The largest absolute Gasteiger partial charge is 1.00 e. The van der Waals surface area contributed by atoms with E-state index in [2.05, 4.69) is 9.98 Å². The molecule has 1 aromatic heterocycles. The second-order valence-corrected chi connectivity index (χ2v) is 7.10. The van der Waals surface area contributed by atoms with Gasteiger partial charge >= 0.3 is 6.18 Å². The fourth-order valence-corrected chi connectivity index (χ4v) is 3.93. The summed E-state index contributed by atoms with van der Waals surface area (Å²) in [6.07, 6.45) is -1.05. The molecule has 4 aromatic rings. The highest BCUT2D eigenvalue weighted by atomic mass is 35.5. The number of aromatic nitrogens is 1. The van der Waals surface area contributed by atoms with Gasteiger partial charge in [-0.25, -0.2) is 4.99 Å². The number of hydrogen-bond acceptors (Lipinski definition) is 1. The van der Waals surface area contributed by atoms with Gasteiger partial charge in [-0.05, 0) is 29.8 Å². The first-order valence-electron chi connectivity index (χ1n) is 9.34. The summed E-state index contributed by atoms with van der Waals surface area (Å²) in [7, 11) is 0. The number of para-hydroxylation sites is 2. The zero-order valence-corrected chi connectivity index (χ0v) is 16.7. The van der Waals surface area contributed by atoms with Gasteiger partial charge in [-0.15, -0.1) is 0 Å². The Morgan fingerprint density at radius 2 is 1.68 bits per heavy atom. The quantitative estimate of drug-likeness (QED) is 0.436. The molecular weight excluding hydrogens is 425 g/mol. The second kappa shape index (κ2) is 7.63. The van der Waals surface area contributed by atoms with Gasteiger partial charge in [0.05, 0.1) is 16.7 Å². The number of halogens is 4. The van der Waals surface area contributed by atoms with Crippen molar-refractivity contribution in [2.24, 2.45) is 0 Å². The Labute approximate surface area is 182 Å². The van der Waals surface area contributed by atoms with E-state index in [4.69, 9.17) is 0 Å². The van der Waals surface area contributed by atoms with E-state index in [9.17, 15) is 18.3 Å². The number of hydrogen-bond donors (Lipinski definition) is 3. The SMILES string of the molecule is Oc1ccc(C(=C2C=[NH+]c3ccccc32)c2c[nH]c3ccccc23)cc1C(F)(F)F.[Cl-]. The van der Waals surface area contributed by atoms with Gasteiger partial charge in [0.15, 0.2) is 6.21 Å². The molecule has 2 heterocycles. The van der Waals surface area contributed by atoms with Crippen LogP contribution in [0.2, 0.25) is 0 Å². The van der Waals surface area contributed by atoms with Crippen LogP contribution in [0.4, 0.5) is 18.9 Å². The fourth-order valence-electron chi connectivity index (χ4n) is 3.93. The molecule has 0 radical (unpaired) electrons. The molecule has 7 heteroatoms. The second-order valence-electron chi connectivity index (χ2n) is 7.10. The number of H-pyrrole nitrogens is 1. The van der Waals surface area contributed by atoms with E-state index in [1.54, 1.807) is 0 Å². The van der Waals surface area contributed by atoms with Crippen molar-refractivity contribution < 1.29 is 35.7 Å². The van der Waals surface area contributed by atoms with E-state index in [1.165, 1.54) is 6.07 Å². The highest BCUT2D eigenvalue weighted by molar-refractivity contribution is 6.24. The number of aromatic amines is 1. The third-order valence-electron chi connectivity index (χ3n) is 5.31. The first-order chi connectivity index (χ1) is 14.4. The van der Waals surface area contributed by atoms with Crippen LogP contribution in [0, 0.1) is 0 Å². The van der Waals surface area contributed by atoms with Gasteiger partial charge < -0.3 is 22.5 Å². The highest BCUT2D eigenvalue weighted by Gasteiger charge is 2.35. The average molecular weight is 441 g/mol. The lowest BCUT2D eigenvalue weighted by Gasteiger charge is -2.14. The van der Waals surface area contributed by atoms with Gasteiger partial charge in [-0.1, -0.05) is 36.4 Å². The van der Waals surface area contributed by atoms with E-state index < -0.39 is 17.5 Å². The van der Waals surface area contributed by atoms with Gasteiger partial charge in [0.1, 0.15) is 5.75 Å². The Morgan fingerprint density at radius 1 is 0.935 bits per heavy atom. The topological polar surface area (TPSA) is 50.0 Å². The van der Waals surface area contributed by atoms with Crippen molar-refractivity contribution in [3.63, 3.8) is 0 Å². The van der Waals surface area contributed by atoms with Crippen molar-refractivity contribution in [2.45, 2.75) is 6.18 Å². The van der Waals surface area contributed by atoms with Crippen LogP contribution in [0.25, 0.3) is 22.0 Å². The molecular formula is C24H16ClF3N2O. The van der Waals surface area contributed by atoms with Crippen molar-refractivity contribution in [1.29, 1.82) is 0 Å². The normalized spacial score (nSPS) is 14.4. The van der Waals surface area contributed by atoms with Crippen LogP contribution in [0.5, 0.6) is 5.75 Å². The van der Waals surface area contributed by atoms with Gasteiger partial charge in [-0.2, -0.15) is 13.2 Å². The van der Waals surface area contributed by atoms with Crippen LogP contribution in [0.3, 0.4) is 0 Å². The summed E-state index contributed by atoms with van der Waals surface area (Å²) in [4.78, 5) is 6.40. The summed E-state index contributed by atoms with van der Waals surface area (Å²) in [5.41, 5.74) is 4.21. The minimum atomic E-state index is -4.66. The van der Waals surface area contributed by atoms with Gasteiger partial charge in [0, 0.05) is 34.3 Å².